The highest BCUT2D eigenvalue weighted by Gasteiger charge is 2.45. The number of nitrogens with zero attached hydrogens (tertiary/aromatic N) is 2. The molecule has 0 saturated carbocycles. The first kappa shape index (κ1) is 17.5. The van der Waals surface area contributed by atoms with E-state index < -0.39 is 11.8 Å². The Morgan fingerprint density at radius 1 is 1.40 bits per heavy atom. The van der Waals surface area contributed by atoms with E-state index >= 15 is 0 Å². The van der Waals surface area contributed by atoms with Gasteiger partial charge in [-0.2, -0.15) is 0 Å². The van der Waals surface area contributed by atoms with E-state index in [2.05, 4.69) is 4.98 Å². The minimum absolute atomic E-state index is 0.00702. The quantitative estimate of drug-likeness (QED) is 0.830. The van der Waals surface area contributed by atoms with E-state index in [0.717, 1.165) is 5.56 Å². The highest BCUT2D eigenvalue weighted by Crippen LogP contribution is 2.34. The number of halogens is 2. The van der Waals surface area contributed by atoms with Crippen LogP contribution in [0.15, 0.2) is 41.0 Å². The van der Waals surface area contributed by atoms with E-state index in [9.17, 15) is 13.6 Å². The second-order valence-electron chi connectivity index (χ2n) is 6.21. The van der Waals surface area contributed by atoms with Gasteiger partial charge < -0.3 is 14.1 Å². The van der Waals surface area contributed by atoms with Crippen LogP contribution in [0.1, 0.15) is 28.4 Å². The number of amides is 1. The molecular formula is C18H20F2N2O3. The number of hydrogen-bond acceptors (Lipinski definition) is 4. The summed E-state index contributed by atoms with van der Waals surface area (Å²) in [6.45, 7) is 1.72. The van der Waals surface area contributed by atoms with Crippen molar-refractivity contribution in [3.63, 3.8) is 0 Å². The number of oxazole rings is 1. The maximum Gasteiger partial charge on any atom is 0.275 e. The first-order valence-electron chi connectivity index (χ1n) is 8.16. The van der Waals surface area contributed by atoms with Crippen molar-refractivity contribution in [3.05, 3.63) is 53.7 Å². The largest absolute Gasteiger partial charge is 0.448 e. The number of benzene rings is 1. The molecule has 0 N–H and O–H groups in total. The fourth-order valence-corrected chi connectivity index (χ4v) is 2.86. The SMILES string of the molecule is Cc1nc(C(=O)N2CCC(F)(F)C(COCc3ccccc3)C2)co1. The maximum absolute atomic E-state index is 14.2. The molecule has 1 aromatic heterocycles. The maximum atomic E-state index is 14.2. The zero-order valence-corrected chi connectivity index (χ0v) is 14.0. The van der Waals surface area contributed by atoms with Crippen LogP contribution < -0.4 is 0 Å². The van der Waals surface area contributed by atoms with Gasteiger partial charge in [-0.1, -0.05) is 30.3 Å². The van der Waals surface area contributed by atoms with E-state index in [4.69, 9.17) is 9.15 Å². The molecule has 5 nitrogen and oxygen atoms in total. The zero-order chi connectivity index (χ0) is 17.9. The number of carbonyl (C=O) groups is 1. The number of hydrogen-bond donors (Lipinski definition) is 0. The number of piperidine rings is 1. The Hall–Kier alpha value is -2.28. The summed E-state index contributed by atoms with van der Waals surface area (Å²) in [6, 6.07) is 9.37. The number of alkyl halides is 2. The summed E-state index contributed by atoms with van der Waals surface area (Å²) in [7, 11) is 0. The Bertz CT molecular complexity index is 718. The lowest BCUT2D eigenvalue weighted by Crippen LogP contribution is -2.50. The van der Waals surface area contributed by atoms with Gasteiger partial charge in [0, 0.05) is 26.4 Å². The van der Waals surface area contributed by atoms with Crippen LogP contribution in [0.2, 0.25) is 0 Å². The molecule has 1 atom stereocenters. The Kier molecular flexibility index (Phi) is 5.13. The van der Waals surface area contributed by atoms with Gasteiger partial charge in [0.1, 0.15) is 6.26 Å². The van der Waals surface area contributed by atoms with Crippen LogP contribution in [0.5, 0.6) is 0 Å². The fourth-order valence-electron chi connectivity index (χ4n) is 2.86. The van der Waals surface area contributed by atoms with Crippen LogP contribution in [0.4, 0.5) is 8.78 Å². The van der Waals surface area contributed by atoms with Crippen molar-refractivity contribution in [2.24, 2.45) is 5.92 Å². The minimum atomic E-state index is -2.85. The van der Waals surface area contributed by atoms with Gasteiger partial charge in [-0.05, 0) is 5.56 Å². The summed E-state index contributed by atoms with van der Waals surface area (Å²) in [4.78, 5) is 17.7. The highest BCUT2D eigenvalue weighted by molar-refractivity contribution is 5.92. The first-order valence-corrected chi connectivity index (χ1v) is 8.16. The number of ether oxygens (including phenoxy) is 1. The predicted octanol–water partition coefficient (Wildman–Crippen LogP) is 3.30. The number of rotatable bonds is 5. The van der Waals surface area contributed by atoms with E-state index in [1.807, 2.05) is 30.3 Å². The van der Waals surface area contributed by atoms with Crippen molar-refractivity contribution in [1.82, 2.24) is 9.88 Å². The van der Waals surface area contributed by atoms with Gasteiger partial charge in [-0.3, -0.25) is 4.79 Å². The monoisotopic (exact) mass is 350 g/mol. The molecule has 1 aliphatic rings. The number of carbonyl (C=O) groups excluding carboxylic acids is 1. The van der Waals surface area contributed by atoms with Crippen LogP contribution in [0, 0.1) is 12.8 Å². The third kappa shape index (κ3) is 4.22. The van der Waals surface area contributed by atoms with Crippen molar-refractivity contribution in [2.75, 3.05) is 19.7 Å². The van der Waals surface area contributed by atoms with Crippen LogP contribution >= 0.6 is 0 Å². The van der Waals surface area contributed by atoms with Gasteiger partial charge in [-0.15, -0.1) is 0 Å². The Morgan fingerprint density at radius 3 is 2.84 bits per heavy atom. The molecule has 0 radical (unpaired) electrons. The van der Waals surface area contributed by atoms with Crippen LogP contribution in [0.25, 0.3) is 0 Å². The fraction of sp³-hybridized carbons (Fsp3) is 0.444. The second-order valence-corrected chi connectivity index (χ2v) is 6.21. The zero-order valence-electron chi connectivity index (χ0n) is 14.0. The van der Waals surface area contributed by atoms with Gasteiger partial charge in [0.2, 0.25) is 0 Å². The topological polar surface area (TPSA) is 55.6 Å². The summed E-state index contributed by atoms with van der Waals surface area (Å²) in [5, 5.41) is 0. The molecule has 25 heavy (non-hydrogen) atoms. The van der Waals surface area contributed by atoms with E-state index in [1.165, 1.54) is 11.2 Å². The van der Waals surface area contributed by atoms with Crippen molar-refractivity contribution >= 4 is 5.91 Å². The lowest BCUT2D eigenvalue weighted by Gasteiger charge is -2.37. The average molecular weight is 350 g/mol. The molecular weight excluding hydrogens is 330 g/mol. The molecule has 1 unspecified atom stereocenters. The van der Waals surface area contributed by atoms with E-state index in [0.29, 0.717) is 5.89 Å². The lowest BCUT2D eigenvalue weighted by atomic mass is 9.94. The molecule has 0 aliphatic carbocycles. The molecule has 2 aromatic rings. The van der Waals surface area contributed by atoms with Gasteiger partial charge in [0.15, 0.2) is 11.6 Å². The lowest BCUT2D eigenvalue weighted by molar-refractivity contribution is -0.124. The third-order valence-electron chi connectivity index (χ3n) is 4.31. The first-order chi connectivity index (χ1) is 12.0. The summed E-state index contributed by atoms with van der Waals surface area (Å²) >= 11 is 0. The summed E-state index contributed by atoms with van der Waals surface area (Å²) in [5.74, 6) is -3.91. The van der Waals surface area contributed by atoms with E-state index in [-0.39, 0.29) is 44.3 Å². The van der Waals surface area contributed by atoms with Crippen LogP contribution in [-0.4, -0.2) is 41.4 Å². The molecule has 134 valence electrons. The molecule has 3 rings (SSSR count). The van der Waals surface area contributed by atoms with Crippen LogP contribution in [-0.2, 0) is 11.3 Å². The Balaban J connectivity index is 1.60. The average Bonchev–Trinajstić information content (AvgIpc) is 3.03. The number of aryl methyl sites for hydroxylation is 1. The van der Waals surface area contributed by atoms with Crippen molar-refractivity contribution in [2.45, 2.75) is 25.9 Å². The molecule has 1 aromatic carbocycles. The van der Waals surface area contributed by atoms with Crippen LogP contribution in [0.3, 0.4) is 0 Å². The highest BCUT2D eigenvalue weighted by atomic mass is 19.3. The molecule has 2 heterocycles. The predicted molar refractivity (Wildman–Crippen MR) is 86.3 cm³/mol. The summed E-state index contributed by atoms with van der Waals surface area (Å²) in [6.07, 6.45) is 0.875. The Morgan fingerprint density at radius 2 is 2.16 bits per heavy atom. The molecule has 1 amide bonds. The number of aromatic nitrogens is 1. The van der Waals surface area contributed by atoms with Gasteiger partial charge in [0.25, 0.3) is 11.8 Å². The van der Waals surface area contributed by atoms with Gasteiger partial charge >= 0.3 is 0 Å². The van der Waals surface area contributed by atoms with Crippen molar-refractivity contribution in [1.29, 1.82) is 0 Å². The van der Waals surface area contributed by atoms with E-state index in [1.54, 1.807) is 6.92 Å². The molecule has 1 saturated heterocycles. The third-order valence-corrected chi connectivity index (χ3v) is 4.31. The Labute approximate surface area is 144 Å². The molecule has 7 heteroatoms. The summed E-state index contributed by atoms with van der Waals surface area (Å²) < 4.78 is 38.9. The molecule has 1 fully saturated rings. The number of likely N-dealkylation sites (tertiary alicyclic amines) is 1. The molecule has 1 aliphatic heterocycles. The minimum Gasteiger partial charge on any atom is -0.448 e. The van der Waals surface area contributed by atoms with Gasteiger partial charge in [-0.25, -0.2) is 13.8 Å². The van der Waals surface area contributed by atoms with Crippen molar-refractivity contribution in [3.8, 4) is 0 Å². The molecule has 0 spiro atoms. The smallest absolute Gasteiger partial charge is 0.275 e. The summed E-state index contributed by atoms with van der Waals surface area (Å²) in [5.41, 5.74) is 1.07. The standard InChI is InChI=1S/C18H20F2N2O3/c1-13-21-16(12-25-13)17(23)22-8-7-18(19,20)15(9-22)11-24-10-14-5-3-2-4-6-14/h2-6,12,15H,7-11H2,1H3. The van der Waals surface area contributed by atoms with Gasteiger partial charge in [0.05, 0.1) is 19.1 Å². The normalized spacial score (nSPS) is 19.8. The van der Waals surface area contributed by atoms with Crippen molar-refractivity contribution < 1.29 is 22.7 Å². The second kappa shape index (κ2) is 7.31. The molecule has 0 bridgehead atoms.